The van der Waals surface area contributed by atoms with Gasteiger partial charge in [0.2, 0.25) is 0 Å². The zero-order valence-corrected chi connectivity index (χ0v) is 17.5. The van der Waals surface area contributed by atoms with Gasteiger partial charge in [0.1, 0.15) is 23.1 Å². The van der Waals surface area contributed by atoms with Gasteiger partial charge in [-0.25, -0.2) is 9.97 Å². The third kappa shape index (κ3) is 4.31. The summed E-state index contributed by atoms with van der Waals surface area (Å²) >= 11 is 0. The van der Waals surface area contributed by atoms with Crippen molar-refractivity contribution >= 4 is 5.82 Å². The van der Waals surface area contributed by atoms with E-state index in [1.807, 2.05) is 6.07 Å². The fraction of sp³-hybridized carbons (Fsp3) is 0.545. The van der Waals surface area contributed by atoms with Gasteiger partial charge in [-0.15, -0.1) is 0 Å². The van der Waals surface area contributed by atoms with Gasteiger partial charge in [0.05, 0.1) is 26.0 Å². The summed E-state index contributed by atoms with van der Waals surface area (Å²) in [6.07, 6.45) is 0.889. The summed E-state index contributed by atoms with van der Waals surface area (Å²) in [5, 5.41) is 10.3. The number of phenols is 1. The van der Waals surface area contributed by atoms with Crippen molar-refractivity contribution in [3.05, 3.63) is 40.8 Å². The van der Waals surface area contributed by atoms with Crippen LogP contribution in [0.2, 0.25) is 0 Å². The van der Waals surface area contributed by atoms with Crippen LogP contribution in [0.25, 0.3) is 0 Å². The number of ether oxygens (including phenoxy) is 2. The second kappa shape index (κ2) is 8.55. The minimum Gasteiger partial charge on any atom is -0.508 e. The molecule has 1 N–H and O–H groups in total. The number of phenolic OH excluding ortho intramolecular Hbond substituents is 1. The van der Waals surface area contributed by atoms with E-state index in [1.165, 1.54) is 5.56 Å². The van der Waals surface area contributed by atoms with Crippen molar-refractivity contribution in [3.63, 3.8) is 0 Å². The van der Waals surface area contributed by atoms with Crippen molar-refractivity contribution < 1.29 is 14.6 Å². The average Bonchev–Trinajstić information content (AvgIpc) is 2.75. The highest BCUT2D eigenvalue weighted by Crippen LogP contribution is 2.31. The van der Waals surface area contributed by atoms with Crippen molar-refractivity contribution in [1.29, 1.82) is 0 Å². The van der Waals surface area contributed by atoms with Crippen LogP contribution in [0.5, 0.6) is 11.5 Å². The molecule has 29 heavy (non-hydrogen) atoms. The van der Waals surface area contributed by atoms with E-state index >= 15 is 0 Å². The lowest BCUT2D eigenvalue weighted by molar-refractivity contribution is 0.122. The number of morpholine rings is 1. The highest BCUT2D eigenvalue weighted by molar-refractivity contribution is 5.51. The van der Waals surface area contributed by atoms with Crippen LogP contribution >= 0.6 is 0 Å². The average molecular weight is 399 g/mol. The van der Waals surface area contributed by atoms with E-state index in [9.17, 15) is 5.11 Å². The molecule has 3 heterocycles. The number of anilines is 1. The molecule has 156 valence electrons. The summed E-state index contributed by atoms with van der Waals surface area (Å²) in [6.45, 7) is 9.81. The number of hydrogen-bond acceptors (Lipinski definition) is 7. The standard InChI is InChI=1S/C22H30N4O3/c1-15(2)21-23-19-6-7-25(13-16-12-17(28-3)4-5-20(16)27)14-18(19)22(24-21)26-8-10-29-11-9-26/h4-5,12,15,27H,6-11,13-14H2,1-3H3. The van der Waals surface area contributed by atoms with Crippen LogP contribution in [-0.4, -0.2) is 59.9 Å². The van der Waals surface area contributed by atoms with Crippen LogP contribution in [0, 0.1) is 0 Å². The van der Waals surface area contributed by atoms with Crippen LogP contribution in [0.4, 0.5) is 5.82 Å². The number of aromatic hydroxyl groups is 1. The Labute approximate surface area is 172 Å². The first-order valence-electron chi connectivity index (χ1n) is 10.4. The molecule has 7 nitrogen and oxygen atoms in total. The lowest BCUT2D eigenvalue weighted by Gasteiger charge is -2.35. The van der Waals surface area contributed by atoms with Gasteiger partial charge in [-0.1, -0.05) is 13.8 Å². The zero-order chi connectivity index (χ0) is 20.4. The quantitative estimate of drug-likeness (QED) is 0.830. The molecular weight excluding hydrogens is 368 g/mol. The molecule has 0 aliphatic carbocycles. The van der Waals surface area contributed by atoms with Gasteiger partial charge in [0.15, 0.2) is 0 Å². The Morgan fingerprint density at radius 3 is 2.69 bits per heavy atom. The summed E-state index contributed by atoms with van der Waals surface area (Å²) in [5.41, 5.74) is 3.25. The Balaban J connectivity index is 1.62. The first-order valence-corrected chi connectivity index (χ1v) is 10.4. The van der Waals surface area contributed by atoms with Crippen molar-refractivity contribution in [2.45, 2.75) is 39.3 Å². The lowest BCUT2D eigenvalue weighted by atomic mass is 10.0. The Kier molecular flexibility index (Phi) is 5.87. The molecule has 0 saturated carbocycles. The summed E-state index contributed by atoms with van der Waals surface area (Å²) in [4.78, 5) is 14.5. The molecule has 4 rings (SSSR count). The summed E-state index contributed by atoms with van der Waals surface area (Å²) < 4.78 is 10.9. The highest BCUT2D eigenvalue weighted by Gasteiger charge is 2.27. The number of fused-ring (bicyclic) bond motifs is 1. The summed E-state index contributed by atoms with van der Waals surface area (Å²) in [5.74, 6) is 3.34. The van der Waals surface area contributed by atoms with E-state index in [0.29, 0.717) is 18.2 Å². The number of rotatable bonds is 5. The van der Waals surface area contributed by atoms with Crippen LogP contribution < -0.4 is 9.64 Å². The normalized spacial score (nSPS) is 17.4. The Morgan fingerprint density at radius 2 is 1.97 bits per heavy atom. The highest BCUT2D eigenvalue weighted by atomic mass is 16.5. The molecule has 1 aromatic heterocycles. The predicted molar refractivity (Wildman–Crippen MR) is 112 cm³/mol. The number of aromatic nitrogens is 2. The zero-order valence-electron chi connectivity index (χ0n) is 17.5. The maximum absolute atomic E-state index is 10.3. The van der Waals surface area contributed by atoms with Crippen molar-refractivity contribution in [2.75, 3.05) is 44.9 Å². The molecule has 1 aromatic carbocycles. The molecule has 7 heteroatoms. The SMILES string of the molecule is COc1ccc(O)c(CN2CCc3nc(C(C)C)nc(N4CCOCC4)c3C2)c1. The Hall–Kier alpha value is -2.38. The molecule has 1 saturated heterocycles. The van der Waals surface area contributed by atoms with E-state index in [-0.39, 0.29) is 0 Å². The number of benzene rings is 1. The third-order valence-electron chi connectivity index (χ3n) is 5.64. The molecule has 0 bridgehead atoms. The van der Waals surface area contributed by atoms with Gasteiger partial charge < -0.3 is 19.5 Å². The molecule has 0 spiro atoms. The second-order valence-electron chi connectivity index (χ2n) is 8.04. The predicted octanol–water partition coefficient (Wildman–Crippen LogP) is 2.71. The van der Waals surface area contributed by atoms with E-state index in [1.54, 1.807) is 19.2 Å². The molecule has 2 aromatic rings. The van der Waals surface area contributed by atoms with Gasteiger partial charge in [-0.05, 0) is 18.2 Å². The van der Waals surface area contributed by atoms with E-state index in [0.717, 1.165) is 74.5 Å². The van der Waals surface area contributed by atoms with E-state index < -0.39 is 0 Å². The maximum atomic E-state index is 10.3. The molecule has 2 aliphatic rings. The van der Waals surface area contributed by atoms with Crippen molar-refractivity contribution in [2.24, 2.45) is 0 Å². The summed E-state index contributed by atoms with van der Waals surface area (Å²) in [6, 6.07) is 5.39. The monoisotopic (exact) mass is 398 g/mol. The van der Waals surface area contributed by atoms with E-state index in [2.05, 4.69) is 23.6 Å². The minimum atomic E-state index is 0.298. The largest absolute Gasteiger partial charge is 0.508 e. The fourth-order valence-corrected chi connectivity index (χ4v) is 3.96. The molecule has 0 unspecified atom stereocenters. The molecular formula is C22H30N4O3. The number of hydrogen-bond donors (Lipinski definition) is 1. The topological polar surface area (TPSA) is 71.0 Å². The molecule has 2 aliphatic heterocycles. The van der Waals surface area contributed by atoms with E-state index in [4.69, 9.17) is 19.4 Å². The molecule has 0 atom stereocenters. The molecule has 1 fully saturated rings. The lowest BCUT2D eigenvalue weighted by Crippen LogP contribution is -2.40. The fourth-order valence-electron chi connectivity index (χ4n) is 3.96. The molecule has 0 radical (unpaired) electrons. The third-order valence-corrected chi connectivity index (χ3v) is 5.64. The van der Waals surface area contributed by atoms with Crippen molar-refractivity contribution in [3.8, 4) is 11.5 Å². The van der Waals surface area contributed by atoms with Crippen LogP contribution in [0.15, 0.2) is 18.2 Å². The second-order valence-corrected chi connectivity index (χ2v) is 8.04. The van der Waals surface area contributed by atoms with Gasteiger partial charge in [0.25, 0.3) is 0 Å². The Morgan fingerprint density at radius 1 is 1.17 bits per heavy atom. The van der Waals surface area contributed by atoms with Gasteiger partial charge in [-0.2, -0.15) is 0 Å². The summed E-state index contributed by atoms with van der Waals surface area (Å²) in [7, 11) is 1.64. The maximum Gasteiger partial charge on any atom is 0.137 e. The van der Waals surface area contributed by atoms with Gasteiger partial charge in [-0.3, -0.25) is 4.90 Å². The first kappa shape index (κ1) is 19.9. The Bertz CT molecular complexity index is 865. The van der Waals surface area contributed by atoms with Crippen LogP contribution in [0.1, 0.15) is 42.4 Å². The van der Waals surface area contributed by atoms with Crippen LogP contribution in [0.3, 0.4) is 0 Å². The smallest absolute Gasteiger partial charge is 0.137 e. The van der Waals surface area contributed by atoms with Gasteiger partial charge >= 0.3 is 0 Å². The number of methoxy groups -OCH3 is 1. The van der Waals surface area contributed by atoms with Crippen molar-refractivity contribution in [1.82, 2.24) is 14.9 Å². The first-order chi connectivity index (χ1) is 14.0. The van der Waals surface area contributed by atoms with Crippen LogP contribution in [-0.2, 0) is 24.2 Å². The molecule has 0 amide bonds. The number of nitrogens with zero attached hydrogens (tertiary/aromatic N) is 4. The minimum absolute atomic E-state index is 0.298. The van der Waals surface area contributed by atoms with Gasteiger partial charge in [0, 0.05) is 56.2 Å².